The van der Waals surface area contributed by atoms with Gasteiger partial charge in [-0.25, -0.2) is 0 Å². The van der Waals surface area contributed by atoms with Crippen LogP contribution >= 0.6 is 11.3 Å². The highest BCUT2D eigenvalue weighted by molar-refractivity contribution is 7.10. The average molecular weight is 287 g/mol. The van der Waals surface area contributed by atoms with Gasteiger partial charge in [0.05, 0.1) is 6.61 Å². The zero-order valence-electron chi connectivity index (χ0n) is 11.8. The molecule has 2 nitrogen and oxygen atoms in total. The van der Waals surface area contributed by atoms with Crippen LogP contribution in [0.4, 0.5) is 0 Å². The van der Waals surface area contributed by atoms with Crippen LogP contribution < -0.4 is 5.32 Å². The SMILES string of the molecule is COCc1cccc(CNC(c2cccs2)C2CC2)c1. The zero-order chi connectivity index (χ0) is 13.8. The van der Waals surface area contributed by atoms with Gasteiger partial charge in [-0.3, -0.25) is 0 Å². The Kier molecular flexibility index (Phi) is 4.51. The lowest BCUT2D eigenvalue weighted by Crippen LogP contribution is -2.21. The Bertz CT molecular complexity index is 534. The molecule has 0 amide bonds. The highest BCUT2D eigenvalue weighted by Gasteiger charge is 2.32. The molecular weight excluding hydrogens is 266 g/mol. The van der Waals surface area contributed by atoms with Crippen LogP contribution in [0.3, 0.4) is 0 Å². The van der Waals surface area contributed by atoms with Crippen LogP contribution in [0.25, 0.3) is 0 Å². The summed E-state index contributed by atoms with van der Waals surface area (Å²) in [6.45, 7) is 1.61. The fraction of sp³-hybridized carbons (Fsp3) is 0.412. The molecule has 0 aliphatic heterocycles. The monoisotopic (exact) mass is 287 g/mol. The van der Waals surface area contributed by atoms with Crippen molar-refractivity contribution in [1.82, 2.24) is 5.32 Å². The molecule has 3 heteroatoms. The second-order valence-corrected chi connectivity index (χ2v) is 6.44. The van der Waals surface area contributed by atoms with Gasteiger partial charge < -0.3 is 10.1 Å². The largest absolute Gasteiger partial charge is 0.380 e. The van der Waals surface area contributed by atoms with Gasteiger partial charge in [0.2, 0.25) is 0 Å². The molecule has 1 fully saturated rings. The maximum absolute atomic E-state index is 5.20. The van der Waals surface area contributed by atoms with Gasteiger partial charge in [-0.2, -0.15) is 0 Å². The summed E-state index contributed by atoms with van der Waals surface area (Å²) >= 11 is 1.86. The first-order valence-electron chi connectivity index (χ1n) is 7.20. The van der Waals surface area contributed by atoms with E-state index in [-0.39, 0.29) is 0 Å². The highest BCUT2D eigenvalue weighted by Crippen LogP contribution is 2.42. The van der Waals surface area contributed by atoms with Gasteiger partial charge in [0.25, 0.3) is 0 Å². The first-order valence-corrected chi connectivity index (χ1v) is 8.08. The van der Waals surface area contributed by atoms with Crippen LogP contribution in [0, 0.1) is 5.92 Å². The van der Waals surface area contributed by atoms with Crippen LogP contribution in [-0.4, -0.2) is 7.11 Å². The maximum Gasteiger partial charge on any atom is 0.0713 e. The number of hydrogen-bond acceptors (Lipinski definition) is 3. The predicted octanol–water partition coefficient (Wildman–Crippen LogP) is 4.14. The summed E-state index contributed by atoms with van der Waals surface area (Å²) in [5.41, 5.74) is 2.58. The van der Waals surface area contributed by atoms with Crippen molar-refractivity contribution >= 4 is 11.3 Å². The summed E-state index contributed by atoms with van der Waals surface area (Å²) in [6, 6.07) is 13.6. The first kappa shape index (κ1) is 13.8. The van der Waals surface area contributed by atoms with Crippen molar-refractivity contribution in [2.45, 2.75) is 32.0 Å². The van der Waals surface area contributed by atoms with E-state index in [1.807, 2.05) is 11.3 Å². The molecule has 0 bridgehead atoms. The molecule has 0 radical (unpaired) electrons. The molecule has 3 rings (SSSR count). The Hall–Kier alpha value is -1.16. The minimum atomic E-state index is 0.529. The lowest BCUT2D eigenvalue weighted by molar-refractivity contribution is 0.185. The summed E-state index contributed by atoms with van der Waals surface area (Å²) in [5, 5.41) is 5.91. The standard InChI is InChI=1S/C17H21NOS/c1-19-12-14-5-2-4-13(10-14)11-18-17(15-7-8-15)16-6-3-9-20-16/h2-6,9-10,15,17-18H,7-8,11-12H2,1H3. The Morgan fingerprint density at radius 1 is 1.25 bits per heavy atom. The maximum atomic E-state index is 5.20. The lowest BCUT2D eigenvalue weighted by atomic mass is 10.1. The third-order valence-corrected chi connectivity index (χ3v) is 4.73. The predicted molar refractivity (Wildman–Crippen MR) is 83.8 cm³/mol. The second-order valence-electron chi connectivity index (χ2n) is 5.46. The van der Waals surface area contributed by atoms with Crippen molar-refractivity contribution in [3.8, 4) is 0 Å². The summed E-state index contributed by atoms with van der Waals surface area (Å²) < 4.78 is 5.20. The van der Waals surface area contributed by atoms with Crippen molar-refractivity contribution < 1.29 is 4.74 Å². The van der Waals surface area contributed by atoms with E-state index < -0.39 is 0 Å². The van der Waals surface area contributed by atoms with E-state index in [1.165, 1.54) is 28.8 Å². The molecule has 1 saturated carbocycles. The lowest BCUT2D eigenvalue weighted by Gasteiger charge is -2.17. The smallest absolute Gasteiger partial charge is 0.0713 e. The zero-order valence-corrected chi connectivity index (χ0v) is 12.7. The molecule has 0 spiro atoms. The van der Waals surface area contributed by atoms with Crippen molar-refractivity contribution in [3.05, 3.63) is 57.8 Å². The molecule has 1 aliphatic carbocycles. The normalized spacial score (nSPS) is 16.2. The fourth-order valence-corrected chi connectivity index (χ4v) is 3.52. The Morgan fingerprint density at radius 3 is 2.80 bits per heavy atom. The van der Waals surface area contributed by atoms with Crippen LogP contribution in [0.15, 0.2) is 41.8 Å². The summed E-state index contributed by atoms with van der Waals surface area (Å²) in [7, 11) is 1.74. The summed E-state index contributed by atoms with van der Waals surface area (Å²) in [4.78, 5) is 1.47. The fourth-order valence-electron chi connectivity index (χ4n) is 2.62. The molecule has 1 aromatic carbocycles. The van der Waals surface area contributed by atoms with Gasteiger partial charge in [0.1, 0.15) is 0 Å². The van der Waals surface area contributed by atoms with Gasteiger partial charge in [0.15, 0.2) is 0 Å². The van der Waals surface area contributed by atoms with Gasteiger partial charge >= 0.3 is 0 Å². The van der Waals surface area contributed by atoms with Crippen LogP contribution in [-0.2, 0) is 17.9 Å². The van der Waals surface area contributed by atoms with E-state index in [1.54, 1.807) is 7.11 Å². The molecule has 0 saturated heterocycles. The summed E-state index contributed by atoms with van der Waals surface area (Å²) in [5.74, 6) is 0.829. The van der Waals surface area contributed by atoms with E-state index in [0.29, 0.717) is 12.6 Å². The minimum absolute atomic E-state index is 0.529. The molecule has 1 unspecified atom stereocenters. The van der Waals surface area contributed by atoms with Crippen molar-refractivity contribution in [2.24, 2.45) is 5.92 Å². The summed E-state index contributed by atoms with van der Waals surface area (Å²) in [6.07, 6.45) is 2.72. The molecule has 1 aliphatic rings. The van der Waals surface area contributed by atoms with Gasteiger partial charge in [-0.1, -0.05) is 30.3 Å². The minimum Gasteiger partial charge on any atom is -0.380 e. The van der Waals surface area contributed by atoms with Crippen molar-refractivity contribution in [3.63, 3.8) is 0 Å². The number of ether oxygens (including phenoxy) is 1. The topological polar surface area (TPSA) is 21.3 Å². The van der Waals surface area contributed by atoms with E-state index >= 15 is 0 Å². The second kappa shape index (κ2) is 6.53. The Labute approximate surface area is 124 Å². The number of methoxy groups -OCH3 is 1. The third-order valence-electron chi connectivity index (χ3n) is 3.77. The number of benzene rings is 1. The first-order chi connectivity index (χ1) is 9.86. The van der Waals surface area contributed by atoms with E-state index in [4.69, 9.17) is 4.74 Å². The van der Waals surface area contributed by atoms with Gasteiger partial charge in [0, 0.05) is 24.6 Å². The average Bonchev–Trinajstić information content (AvgIpc) is 3.15. The molecule has 1 atom stereocenters. The van der Waals surface area contributed by atoms with Crippen LogP contribution in [0.1, 0.15) is 34.9 Å². The third kappa shape index (κ3) is 3.48. The Morgan fingerprint density at radius 2 is 2.10 bits per heavy atom. The molecule has 1 N–H and O–H groups in total. The van der Waals surface area contributed by atoms with Crippen molar-refractivity contribution in [1.29, 1.82) is 0 Å². The molecular formula is C17H21NOS. The highest BCUT2D eigenvalue weighted by atomic mass is 32.1. The van der Waals surface area contributed by atoms with Gasteiger partial charge in [-0.05, 0) is 41.3 Å². The van der Waals surface area contributed by atoms with Crippen molar-refractivity contribution in [2.75, 3.05) is 7.11 Å². The molecule has 106 valence electrons. The number of hydrogen-bond donors (Lipinski definition) is 1. The van der Waals surface area contributed by atoms with E-state index in [2.05, 4.69) is 47.1 Å². The molecule has 1 heterocycles. The van der Waals surface area contributed by atoms with E-state index in [0.717, 1.165) is 12.5 Å². The molecule has 1 aromatic heterocycles. The number of rotatable bonds is 7. The number of nitrogens with one attached hydrogen (secondary N) is 1. The Balaban J connectivity index is 1.64. The van der Waals surface area contributed by atoms with E-state index in [9.17, 15) is 0 Å². The number of thiophene rings is 1. The molecule has 20 heavy (non-hydrogen) atoms. The van der Waals surface area contributed by atoms with Crippen LogP contribution in [0.2, 0.25) is 0 Å². The molecule has 2 aromatic rings. The van der Waals surface area contributed by atoms with Crippen LogP contribution in [0.5, 0.6) is 0 Å². The van der Waals surface area contributed by atoms with Gasteiger partial charge in [-0.15, -0.1) is 11.3 Å². The quantitative estimate of drug-likeness (QED) is 0.826.